The molecule has 1 fully saturated rings. The van der Waals surface area contributed by atoms with E-state index < -0.39 is 11.9 Å². The molecule has 2 aliphatic rings. The van der Waals surface area contributed by atoms with Gasteiger partial charge in [-0.25, -0.2) is 9.40 Å². The van der Waals surface area contributed by atoms with E-state index in [4.69, 9.17) is 32.7 Å². The average Bonchev–Trinajstić information content (AvgIpc) is 3.18. The molecule has 2 N–H and O–H groups in total. The van der Waals surface area contributed by atoms with Crippen molar-refractivity contribution < 1.29 is 18.7 Å². The highest BCUT2D eigenvalue weighted by Crippen LogP contribution is 2.31. The number of fused-ring (bicyclic) bond motifs is 1. The lowest BCUT2D eigenvalue weighted by atomic mass is 10.0. The van der Waals surface area contributed by atoms with Crippen LogP contribution in [0.5, 0.6) is 11.5 Å². The van der Waals surface area contributed by atoms with Gasteiger partial charge in [0.1, 0.15) is 23.9 Å². The van der Waals surface area contributed by atoms with Crippen molar-refractivity contribution in [2.75, 3.05) is 26.2 Å². The van der Waals surface area contributed by atoms with Crippen LogP contribution in [0.3, 0.4) is 0 Å². The SMILES string of the molecule is O=C(NC1CCN(NCCOc2ccc(Cl)c(F)c2)CC1)C1Cc2cc(Cl)ccc2O1. The molecule has 2 aliphatic heterocycles. The number of hydrogen-bond acceptors (Lipinski definition) is 5. The molecule has 0 saturated carbocycles. The van der Waals surface area contributed by atoms with Crippen LogP contribution in [0.1, 0.15) is 18.4 Å². The van der Waals surface area contributed by atoms with E-state index >= 15 is 0 Å². The summed E-state index contributed by atoms with van der Waals surface area (Å²) in [5.41, 5.74) is 4.27. The van der Waals surface area contributed by atoms with Crippen LogP contribution < -0.4 is 20.2 Å². The summed E-state index contributed by atoms with van der Waals surface area (Å²) in [6, 6.07) is 9.93. The van der Waals surface area contributed by atoms with Gasteiger partial charge in [0.05, 0.1) is 5.02 Å². The van der Waals surface area contributed by atoms with E-state index in [0.29, 0.717) is 30.3 Å². The number of nitrogens with zero attached hydrogens (tertiary/aromatic N) is 1. The highest BCUT2D eigenvalue weighted by molar-refractivity contribution is 6.31. The van der Waals surface area contributed by atoms with E-state index in [0.717, 1.165) is 37.2 Å². The molecule has 166 valence electrons. The smallest absolute Gasteiger partial charge is 0.261 e. The number of carbonyl (C=O) groups excluding carboxylic acids is 1. The quantitative estimate of drug-likeness (QED) is 0.609. The first-order chi connectivity index (χ1) is 15.0. The maximum atomic E-state index is 13.4. The number of nitrogens with one attached hydrogen (secondary N) is 2. The average molecular weight is 468 g/mol. The number of hydrazine groups is 1. The number of hydrogen-bond donors (Lipinski definition) is 2. The fourth-order valence-electron chi connectivity index (χ4n) is 3.78. The van der Waals surface area contributed by atoms with Gasteiger partial charge < -0.3 is 14.8 Å². The Balaban J connectivity index is 1.13. The molecular formula is C22H24Cl2FN3O3. The number of halogens is 3. The van der Waals surface area contributed by atoms with Gasteiger partial charge in [-0.2, -0.15) is 0 Å². The van der Waals surface area contributed by atoms with Gasteiger partial charge in [0.2, 0.25) is 0 Å². The zero-order valence-corrected chi connectivity index (χ0v) is 18.4. The van der Waals surface area contributed by atoms with E-state index in [-0.39, 0.29) is 17.0 Å². The summed E-state index contributed by atoms with van der Waals surface area (Å²) in [5, 5.41) is 5.94. The second kappa shape index (κ2) is 10.0. The molecule has 2 aromatic rings. The van der Waals surface area contributed by atoms with Crippen molar-refractivity contribution in [3.8, 4) is 11.5 Å². The van der Waals surface area contributed by atoms with Crippen LogP contribution in [0.15, 0.2) is 36.4 Å². The number of piperidine rings is 1. The Morgan fingerprint density at radius 2 is 2.00 bits per heavy atom. The molecule has 4 rings (SSSR count). The zero-order valence-electron chi connectivity index (χ0n) is 16.9. The predicted molar refractivity (Wildman–Crippen MR) is 117 cm³/mol. The Morgan fingerprint density at radius 1 is 1.19 bits per heavy atom. The molecule has 0 bridgehead atoms. The van der Waals surface area contributed by atoms with Crippen molar-refractivity contribution in [3.63, 3.8) is 0 Å². The fourth-order valence-corrected chi connectivity index (χ4v) is 4.09. The maximum Gasteiger partial charge on any atom is 0.261 e. The van der Waals surface area contributed by atoms with Gasteiger partial charge in [-0.1, -0.05) is 23.2 Å². The van der Waals surface area contributed by atoms with Crippen molar-refractivity contribution in [2.45, 2.75) is 31.4 Å². The third-order valence-electron chi connectivity index (χ3n) is 5.43. The standard InChI is InChI=1S/C22H24Cl2FN3O3/c23-15-1-4-20-14(11-15)12-21(31-20)22(29)27-16-5-8-28(9-6-16)26-7-10-30-17-2-3-18(24)19(25)13-17/h1-4,11,13,16,21,26H,5-10,12H2,(H,27,29). The van der Waals surface area contributed by atoms with Crippen LogP contribution in [0.4, 0.5) is 4.39 Å². The third kappa shape index (κ3) is 5.80. The highest BCUT2D eigenvalue weighted by Gasteiger charge is 2.31. The van der Waals surface area contributed by atoms with Crippen molar-refractivity contribution in [1.82, 2.24) is 15.8 Å². The lowest BCUT2D eigenvalue weighted by molar-refractivity contribution is -0.128. The number of benzene rings is 2. The molecule has 0 radical (unpaired) electrons. The Hall–Kier alpha value is -2.06. The molecule has 0 aliphatic carbocycles. The van der Waals surface area contributed by atoms with Gasteiger partial charge >= 0.3 is 0 Å². The van der Waals surface area contributed by atoms with Crippen molar-refractivity contribution in [1.29, 1.82) is 0 Å². The Bertz CT molecular complexity index is 938. The normalized spacial score (nSPS) is 19.0. The van der Waals surface area contributed by atoms with E-state index in [1.165, 1.54) is 12.1 Å². The molecular weight excluding hydrogens is 444 g/mol. The Kier molecular flexibility index (Phi) is 7.17. The first kappa shape index (κ1) is 22.1. The van der Waals surface area contributed by atoms with E-state index in [9.17, 15) is 9.18 Å². The van der Waals surface area contributed by atoms with E-state index in [1.54, 1.807) is 12.1 Å². The summed E-state index contributed by atoms with van der Waals surface area (Å²) >= 11 is 11.7. The summed E-state index contributed by atoms with van der Waals surface area (Å²) in [7, 11) is 0. The van der Waals surface area contributed by atoms with Gasteiger partial charge in [0, 0.05) is 43.2 Å². The first-order valence-corrected chi connectivity index (χ1v) is 11.1. The van der Waals surface area contributed by atoms with Gasteiger partial charge in [-0.05, 0) is 48.7 Å². The van der Waals surface area contributed by atoms with Crippen LogP contribution in [0, 0.1) is 5.82 Å². The zero-order chi connectivity index (χ0) is 21.8. The molecule has 1 unspecified atom stereocenters. The second-order valence-electron chi connectivity index (χ2n) is 7.67. The minimum absolute atomic E-state index is 0.0777. The van der Waals surface area contributed by atoms with Gasteiger partial charge in [0.25, 0.3) is 5.91 Å². The van der Waals surface area contributed by atoms with E-state index in [2.05, 4.69) is 15.8 Å². The summed E-state index contributed by atoms with van der Waals surface area (Å²) < 4.78 is 24.7. The van der Waals surface area contributed by atoms with E-state index in [1.807, 2.05) is 12.1 Å². The monoisotopic (exact) mass is 467 g/mol. The van der Waals surface area contributed by atoms with Crippen LogP contribution in [0.2, 0.25) is 10.0 Å². The van der Waals surface area contributed by atoms with Crippen molar-refractivity contribution >= 4 is 29.1 Å². The lowest BCUT2D eigenvalue weighted by Gasteiger charge is -2.33. The van der Waals surface area contributed by atoms with Crippen LogP contribution in [-0.4, -0.2) is 49.3 Å². The topological polar surface area (TPSA) is 62.8 Å². The minimum Gasteiger partial charge on any atom is -0.492 e. The number of amides is 1. The summed E-state index contributed by atoms with van der Waals surface area (Å²) in [6.07, 6.45) is 1.72. The first-order valence-electron chi connectivity index (χ1n) is 10.3. The lowest BCUT2D eigenvalue weighted by Crippen LogP contribution is -2.52. The van der Waals surface area contributed by atoms with Crippen molar-refractivity contribution in [2.24, 2.45) is 0 Å². The summed E-state index contributed by atoms with van der Waals surface area (Å²) in [6.45, 7) is 2.61. The Morgan fingerprint density at radius 3 is 2.77 bits per heavy atom. The van der Waals surface area contributed by atoms with Gasteiger partial charge in [-0.3, -0.25) is 10.2 Å². The maximum absolute atomic E-state index is 13.4. The highest BCUT2D eigenvalue weighted by atomic mass is 35.5. The molecule has 31 heavy (non-hydrogen) atoms. The number of ether oxygens (including phenoxy) is 2. The minimum atomic E-state index is -0.500. The van der Waals surface area contributed by atoms with Crippen LogP contribution >= 0.6 is 23.2 Å². The van der Waals surface area contributed by atoms with Crippen molar-refractivity contribution in [3.05, 3.63) is 57.8 Å². The predicted octanol–water partition coefficient (Wildman–Crippen LogP) is 3.60. The molecule has 0 aromatic heterocycles. The number of rotatable bonds is 7. The molecule has 2 heterocycles. The molecule has 9 heteroatoms. The Labute approximate surface area is 190 Å². The molecule has 1 saturated heterocycles. The molecule has 1 amide bonds. The molecule has 0 spiro atoms. The summed E-state index contributed by atoms with van der Waals surface area (Å²) in [4.78, 5) is 12.6. The molecule has 6 nitrogen and oxygen atoms in total. The largest absolute Gasteiger partial charge is 0.492 e. The fraction of sp³-hybridized carbons (Fsp3) is 0.409. The van der Waals surface area contributed by atoms with Crippen LogP contribution in [0.25, 0.3) is 0 Å². The third-order valence-corrected chi connectivity index (χ3v) is 5.97. The molecule has 2 aromatic carbocycles. The summed E-state index contributed by atoms with van der Waals surface area (Å²) in [5.74, 6) is 0.602. The van der Waals surface area contributed by atoms with Gasteiger partial charge in [0.15, 0.2) is 6.10 Å². The second-order valence-corrected chi connectivity index (χ2v) is 8.51. The van der Waals surface area contributed by atoms with Crippen LogP contribution in [-0.2, 0) is 11.2 Å². The van der Waals surface area contributed by atoms with Gasteiger partial charge in [-0.15, -0.1) is 0 Å². The molecule has 1 atom stereocenters. The number of carbonyl (C=O) groups is 1.